The molecule has 3 rings (SSSR count). The first kappa shape index (κ1) is 14.5. The monoisotopic (exact) mass is 336 g/mol. The maximum atomic E-state index is 4.31. The number of fused-ring (bicyclic) bond motifs is 1. The van der Waals surface area contributed by atoms with E-state index in [1.165, 1.54) is 37.7 Å². The second-order valence-electron chi connectivity index (χ2n) is 6.47. The number of rotatable bonds is 6. The van der Waals surface area contributed by atoms with E-state index in [1.807, 2.05) is 12.4 Å². The summed E-state index contributed by atoms with van der Waals surface area (Å²) in [5, 5.41) is 3.81. The molecule has 0 radical (unpaired) electrons. The molecule has 3 heteroatoms. The van der Waals surface area contributed by atoms with Crippen LogP contribution >= 0.6 is 15.9 Å². The first-order valence-electron chi connectivity index (χ1n) is 8.12. The third kappa shape index (κ3) is 3.25. The number of aromatic nitrogens is 1. The highest BCUT2D eigenvalue weighted by Gasteiger charge is 2.53. The second kappa shape index (κ2) is 6.57. The Hall–Kier alpha value is -0.410. The van der Waals surface area contributed by atoms with Gasteiger partial charge in [0.05, 0.1) is 0 Å². The highest BCUT2D eigenvalue weighted by atomic mass is 79.9. The minimum atomic E-state index is 0.652. The molecule has 0 aliphatic heterocycles. The largest absolute Gasteiger partial charge is 0.313 e. The summed E-state index contributed by atoms with van der Waals surface area (Å²) < 4.78 is 1.09. The summed E-state index contributed by atoms with van der Waals surface area (Å²) in [6.07, 6.45) is 12.1. The van der Waals surface area contributed by atoms with E-state index in [-0.39, 0.29) is 0 Å². The molecule has 2 saturated carbocycles. The minimum absolute atomic E-state index is 0.652. The lowest BCUT2D eigenvalue weighted by Crippen LogP contribution is -2.34. The number of nitrogens with one attached hydrogen (secondary N) is 1. The molecule has 110 valence electrons. The molecule has 1 N–H and O–H groups in total. The fourth-order valence-corrected chi connectivity index (χ4v) is 4.55. The van der Waals surface area contributed by atoms with Crippen molar-refractivity contribution < 1.29 is 0 Å². The second-order valence-corrected chi connectivity index (χ2v) is 7.38. The van der Waals surface area contributed by atoms with E-state index >= 15 is 0 Å². The fourth-order valence-electron chi connectivity index (χ4n) is 4.14. The van der Waals surface area contributed by atoms with Crippen molar-refractivity contribution in [1.29, 1.82) is 0 Å². The van der Waals surface area contributed by atoms with Crippen molar-refractivity contribution in [1.82, 2.24) is 10.3 Å². The van der Waals surface area contributed by atoms with Crippen LogP contribution < -0.4 is 5.32 Å². The van der Waals surface area contributed by atoms with Crippen LogP contribution in [-0.4, -0.2) is 17.6 Å². The molecule has 2 fully saturated rings. The SMILES string of the molecule is CCCNC(Cc1cncc(Br)c1)C1C2CCCCC21. The van der Waals surface area contributed by atoms with Crippen molar-refractivity contribution >= 4 is 15.9 Å². The first-order valence-corrected chi connectivity index (χ1v) is 8.91. The first-order chi connectivity index (χ1) is 9.79. The van der Waals surface area contributed by atoms with E-state index in [0.29, 0.717) is 6.04 Å². The van der Waals surface area contributed by atoms with Crippen molar-refractivity contribution in [3.05, 3.63) is 28.5 Å². The molecule has 3 unspecified atom stereocenters. The Morgan fingerprint density at radius 1 is 1.30 bits per heavy atom. The third-order valence-electron chi connectivity index (χ3n) is 5.06. The number of nitrogens with zero attached hydrogens (tertiary/aromatic N) is 1. The van der Waals surface area contributed by atoms with Gasteiger partial charge < -0.3 is 5.32 Å². The van der Waals surface area contributed by atoms with Crippen molar-refractivity contribution in [2.24, 2.45) is 17.8 Å². The van der Waals surface area contributed by atoms with Gasteiger partial charge in [-0.3, -0.25) is 4.98 Å². The summed E-state index contributed by atoms with van der Waals surface area (Å²) in [5.41, 5.74) is 1.36. The molecular formula is C17H25BrN2. The quantitative estimate of drug-likeness (QED) is 0.842. The molecule has 3 atom stereocenters. The van der Waals surface area contributed by atoms with Gasteiger partial charge in [0.25, 0.3) is 0 Å². The predicted molar refractivity (Wildman–Crippen MR) is 86.7 cm³/mol. The minimum Gasteiger partial charge on any atom is -0.313 e. The lowest BCUT2D eigenvalue weighted by atomic mass is 10.0. The number of hydrogen-bond acceptors (Lipinski definition) is 2. The zero-order valence-corrected chi connectivity index (χ0v) is 13.9. The van der Waals surface area contributed by atoms with Gasteiger partial charge in [0.1, 0.15) is 0 Å². The van der Waals surface area contributed by atoms with Gasteiger partial charge in [-0.2, -0.15) is 0 Å². The average Bonchev–Trinajstić information content (AvgIpc) is 3.18. The Balaban J connectivity index is 1.67. The summed E-state index contributed by atoms with van der Waals surface area (Å²) in [6.45, 7) is 3.40. The Bertz CT molecular complexity index is 436. The standard InChI is InChI=1S/C17H25BrN2/c1-2-7-20-16(9-12-8-13(18)11-19-10-12)17-14-5-3-4-6-15(14)17/h8,10-11,14-17,20H,2-7,9H2,1H3. The van der Waals surface area contributed by atoms with Crippen LogP contribution in [0.25, 0.3) is 0 Å². The Labute approximate surface area is 130 Å². The molecule has 0 aromatic carbocycles. The molecule has 20 heavy (non-hydrogen) atoms. The normalized spacial score (nSPS) is 29.8. The average molecular weight is 337 g/mol. The summed E-state index contributed by atoms with van der Waals surface area (Å²) in [4.78, 5) is 4.31. The molecule has 1 aromatic heterocycles. The number of hydrogen-bond donors (Lipinski definition) is 1. The predicted octanol–water partition coefficient (Wildman–Crippen LogP) is 4.19. The number of pyridine rings is 1. The highest BCUT2D eigenvalue weighted by Crippen LogP contribution is 2.57. The summed E-state index contributed by atoms with van der Waals surface area (Å²) in [5.74, 6) is 2.94. The van der Waals surface area contributed by atoms with E-state index in [0.717, 1.165) is 35.2 Å². The molecule has 1 heterocycles. The summed E-state index contributed by atoms with van der Waals surface area (Å²) in [6, 6.07) is 2.87. The maximum absolute atomic E-state index is 4.31. The van der Waals surface area contributed by atoms with Crippen molar-refractivity contribution in [3.8, 4) is 0 Å². The summed E-state index contributed by atoms with van der Waals surface area (Å²) in [7, 11) is 0. The molecule has 0 amide bonds. The van der Waals surface area contributed by atoms with Gasteiger partial charge in [0.15, 0.2) is 0 Å². The number of halogens is 1. The van der Waals surface area contributed by atoms with Gasteiger partial charge >= 0.3 is 0 Å². The van der Waals surface area contributed by atoms with Gasteiger partial charge in [-0.05, 0) is 77.5 Å². The molecule has 2 aliphatic rings. The molecular weight excluding hydrogens is 312 g/mol. The van der Waals surface area contributed by atoms with Gasteiger partial charge in [-0.15, -0.1) is 0 Å². The maximum Gasteiger partial charge on any atom is 0.0410 e. The summed E-state index contributed by atoms with van der Waals surface area (Å²) >= 11 is 3.54. The van der Waals surface area contributed by atoms with Crippen LogP contribution in [0, 0.1) is 17.8 Å². The van der Waals surface area contributed by atoms with Gasteiger partial charge in [0.2, 0.25) is 0 Å². The lowest BCUT2D eigenvalue weighted by molar-refractivity contribution is 0.427. The van der Waals surface area contributed by atoms with Crippen LogP contribution in [-0.2, 0) is 6.42 Å². The molecule has 1 aromatic rings. The van der Waals surface area contributed by atoms with Crippen LogP contribution in [0.15, 0.2) is 22.9 Å². The van der Waals surface area contributed by atoms with E-state index in [1.54, 1.807) is 0 Å². The van der Waals surface area contributed by atoms with E-state index < -0.39 is 0 Å². The van der Waals surface area contributed by atoms with Crippen LogP contribution in [0.2, 0.25) is 0 Å². The highest BCUT2D eigenvalue weighted by molar-refractivity contribution is 9.10. The molecule has 2 aliphatic carbocycles. The van der Waals surface area contributed by atoms with Crippen LogP contribution in [0.4, 0.5) is 0 Å². The van der Waals surface area contributed by atoms with Crippen molar-refractivity contribution in [2.75, 3.05) is 6.54 Å². The van der Waals surface area contributed by atoms with Crippen LogP contribution in [0.1, 0.15) is 44.6 Å². The van der Waals surface area contributed by atoms with Gasteiger partial charge in [-0.25, -0.2) is 0 Å². The van der Waals surface area contributed by atoms with Gasteiger partial charge in [-0.1, -0.05) is 19.8 Å². The Morgan fingerprint density at radius 3 is 2.70 bits per heavy atom. The third-order valence-corrected chi connectivity index (χ3v) is 5.49. The smallest absolute Gasteiger partial charge is 0.0410 e. The topological polar surface area (TPSA) is 24.9 Å². The van der Waals surface area contributed by atoms with Crippen molar-refractivity contribution in [2.45, 2.75) is 51.5 Å². The van der Waals surface area contributed by atoms with Gasteiger partial charge in [0, 0.05) is 22.9 Å². The molecule has 0 spiro atoms. The van der Waals surface area contributed by atoms with Crippen molar-refractivity contribution in [3.63, 3.8) is 0 Å². The Morgan fingerprint density at radius 2 is 2.05 bits per heavy atom. The molecule has 0 saturated heterocycles. The lowest BCUT2D eigenvalue weighted by Gasteiger charge is -2.19. The zero-order chi connectivity index (χ0) is 13.9. The van der Waals surface area contributed by atoms with E-state index in [4.69, 9.17) is 0 Å². The fraction of sp³-hybridized carbons (Fsp3) is 0.706. The van der Waals surface area contributed by atoms with Crippen LogP contribution in [0.5, 0.6) is 0 Å². The zero-order valence-electron chi connectivity index (χ0n) is 12.3. The molecule has 2 nitrogen and oxygen atoms in total. The molecule has 0 bridgehead atoms. The van der Waals surface area contributed by atoms with Crippen LogP contribution in [0.3, 0.4) is 0 Å². The van der Waals surface area contributed by atoms with E-state index in [9.17, 15) is 0 Å². The van der Waals surface area contributed by atoms with E-state index in [2.05, 4.69) is 39.2 Å². The Kier molecular flexibility index (Phi) is 4.77.